The summed E-state index contributed by atoms with van der Waals surface area (Å²) >= 11 is 0. The molecule has 1 N–H and O–H groups in total. The van der Waals surface area contributed by atoms with Crippen LogP contribution in [-0.2, 0) is 4.74 Å². The van der Waals surface area contributed by atoms with Gasteiger partial charge in [-0.2, -0.15) is 0 Å². The van der Waals surface area contributed by atoms with Gasteiger partial charge in [0, 0.05) is 38.8 Å². The van der Waals surface area contributed by atoms with Crippen molar-refractivity contribution in [2.45, 2.75) is 46.6 Å². The van der Waals surface area contributed by atoms with Crippen LogP contribution in [0.2, 0.25) is 0 Å². The van der Waals surface area contributed by atoms with Crippen molar-refractivity contribution in [3.8, 4) is 0 Å². The van der Waals surface area contributed by atoms with Crippen LogP contribution in [0.15, 0.2) is 0 Å². The first kappa shape index (κ1) is 14.9. The molecule has 1 atom stereocenters. The Morgan fingerprint density at radius 2 is 2.06 bits per heavy atom. The third-order valence-electron chi connectivity index (χ3n) is 3.52. The summed E-state index contributed by atoms with van der Waals surface area (Å²) in [5.41, 5.74) is 0.344. The van der Waals surface area contributed by atoms with E-state index in [4.69, 9.17) is 4.74 Å². The van der Waals surface area contributed by atoms with Crippen molar-refractivity contribution >= 4 is 0 Å². The second-order valence-electron chi connectivity index (χ2n) is 6.09. The molecule has 0 aliphatic carbocycles. The van der Waals surface area contributed by atoms with E-state index in [1.165, 1.54) is 12.8 Å². The van der Waals surface area contributed by atoms with Crippen LogP contribution in [0.5, 0.6) is 0 Å². The largest absolute Gasteiger partial charge is 0.380 e. The summed E-state index contributed by atoms with van der Waals surface area (Å²) in [4.78, 5) is 2.59. The lowest BCUT2D eigenvalue weighted by molar-refractivity contribution is 0.0375. The van der Waals surface area contributed by atoms with Crippen molar-refractivity contribution in [2.75, 3.05) is 39.4 Å². The molecule has 3 nitrogen and oxygen atoms in total. The summed E-state index contributed by atoms with van der Waals surface area (Å²) in [6, 6.07) is 0.631. The van der Waals surface area contributed by atoms with Crippen LogP contribution in [0.25, 0.3) is 0 Å². The molecule has 1 fully saturated rings. The van der Waals surface area contributed by atoms with Gasteiger partial charge in [-0.3, -0.25) is 4.90 Å². The van der Waals surface area contributed by atoms with Crippen LogP contribution in [0.4, 0.5) is 0 Å². The third kappa shape index (κ3) is 5.36. The number of hydrogen-bond donors (Lipinski definition) is 1. The van der Waals surface area contributed by atoms with Gasteiger partial charge in [-0.05, 0) is 11.8 Å². The molecule has 0 aromatic heterocycles. The Labute approximate surface area is 107 Å². The van der Waals surface area contributed by atoms with Gasteiger partial charge < -0.3 is 10.1 Å². The number of hydrogen-bond acceptors (Lipinski definition) is 3. The first-order chi connectivity index (χ1) is 8.05. The van der Waals surface area contributed by atoms with Crippen molar-refractivity contribution in [3.63, 3.8) is 0 Å². The summed E-state index contributed by atoms with van der Waals surface area (Å²) in [7, 11) is 0. The average Bonchev–Trinajstić information content (AvgIpc) is 2.28. The Morgan fingerprint density at radius 3 is 2.71 bits per heavy atom. The zero-order valence-corrected chi connectivity index (χ0v) is 12.1. The van der Waals surface area contributed by atoms with Crippen molar-refractivity contribution in [3.05, 3.63) is 0 Å². The van der Waals surface area contributed by atoms with Gasteiger partial charge in [0.1, 0.15) is 0 Å². The van der Waals surface area contributed by atoms with Gasteiger partial charge in [-0.1, -0.05) is 34.1 Å². The van der Waals surface area contributed by atoms with Crippen LogP contribution >= 0.6 is 0 Å². The third-order valence-corrected chi connectivity index (χ3v) is 3.52. The molecule has 1 rings (SSSR count). The molecule has 3 heteroatoms. The maximum atomic E-state index is 5.68. The lowest BCUT2D eigenvalue weighted by Gasteiger charge is -2.43. The summed E-state index contributed by atoms with van der Waals surface area (Å²) < 4.78 is 5.68. The van der Waals surface area contributed by atoms with E-state index in [2.05, 4.69) is 37.9 Å². The molecule has 1 aliphatic heterocycles. The van der Waals surface area contributed by atoms with Gasteiger partial charge in [-0.25, -0.2) is 0 Å². The van der Waals surface area contributed by atoms with Gasteiger partial charge in [0.05, 0.1) is 6.61 Å². The van der Waals surface area contributed by atoms with Gasteiger partial charge in [0.25, 0.3) is 0 Å². The number of nitrogens with one attached hydrogen (secondary N) is 1. The Bertz CT molecular complexity index is 201. The number of rotatable bonds is 6. The molecule has 1 unspecified atom stereocenters. The number of unbranched alkanes of at least 4 members (excludes halogenated alkanes) is 1. The monoisotopic (exact) mass is 242 g/mol. The van der Waals surface area contributed by atoms with E-state index in [1.807, 2.05) is 0 Å². The molecule has 0 radical (unpaired) electrons. The van der Waals surface area contributed by atoms with Crippen molar-refractivity contribution < 1.29 is 4.74 Å². The molecular formula is C14H30N2O. The zero-order valence-electron chi connectivity index (χ0n) is 12.1. The molecule has 0 amide bonds. The molecule has 0 aromatic rings. The summed E-state index contributed by atoms with van der Waals surface area (Å²) in [5, 5.41) is 3.50. The maximum Gasteiger partial charge on any atom is 0.0593 e. The van der Waals surface area contributed by atoms with Gasteiger partial charge in [-0.15, -0.1) is 0 Å². The summed E-state index contributed by atoms with van der Waals surface area (Å²) in [6.45, 7) is 15.4. The SMILES string of the molecule is CCCCOCCN1CCNCC1C(C)(C)C. The van der Waals surface area contributed by atoms with E-state index in [1.54, 1.807) is 0 Å². The minimum atomic E-state index is 0.344. The van der Waals surface area contributed by atoms with Crippen molar-refractivity contribution in [1.29, 1.82) is 0 Å². The molecule has 0 aromatic carbocycles. The van der Waals surface area contributed by atoms with E-state index < -0.39 is 0 Å². The highest BCUT2D eigenvalue weighted by molar-refractivity contribution is 4.88. The van der Waals surface area contributed by atoms with E-state index in [0.717, 1.165) is 39.4 Å². The van der Waals surface area contributed by atoms with Gasteiger partial charge in [0.2, 0.25) is 0 Å². The Hall–Kier alpha value is -0.120. The lowest BCUT2D eigenvalue weighted by Crippen LogP contribution is -2.57. The van der Waals surface area contributed by atoms with Crippen LogP contribution < -0.4 is 5.32 Å². The smallest absolute Gasteiger partial charge is 0.0593 e. The van der Waals surface area contributed by atoms with Crippen LogP contribution in [0.1, 0.15) is 40.5 Å². The summed E-state index contributed by atoms with van der Waals surface area (Å²) in [6.07, 6.45) is 2.41. The van der Waals surface area contributed by atoms with Crippen molar-refractivity contribution in [2.24, 2.45) is 5.41 Å². The topological polar surface area (TPSA) is 24.5 Å². The molecule has 0 bridgehead atoms. The molecule has 1 heterocycles. The molecule has 17 heavy (non-hydrogen) atoms. The van der Waals surface area contributed by atoms with Crippen LogP contribution in [0, 0.1) is 5.41 Å². The fourth-order valence-electron chi connectivity index (χ4n) is 2.40. The van der Waals surface area contributed by atoms with E-state index in [-0.39, 0.29) is 0 Å². The number of ether oxygens (including phenoxy) is 1. The normalized spacial score (nSPS) is 22.9. The predicted molar refractivity (Wildman–Crippen MR) is 73.4 cm³/mol. The molecular weight excluding hydrogens is 212 g/mol. The van der Waals surface area contributed by atoms with Gasteiger partial charge in [0.15, 0.2) is 0 Å². The molecule has 0 spiro atoms. The molecule has 102 valence electrons. The first-order valence-electron chi connectivity index (χ1n) is 7.08. The fourth-order valence-corrected chi connectivity index (χ4v) is 2.40. The lowest BCUT2D eigenvalue weighted by atomic mass is 9.84. The fraction of sp³-hybridized carbons (Fsp3) is 1.00. The predicted octanol–water partition coefficient (Wildman–Crippen LogP) is 2.12. The van der Waals surface area contributed by atoms with Crippen LogP contribution in [-0.4, -0.2) is 50.3 Å². The van der Waals surface area contributed by atoms with E-state index >= 15 is 0 Å². The van der Waals surface area contributed by atoms with Crippen LogP contribution in [0.3, 0.4) is 0 Å². The first-order valence-corrected chi connectivity index (χ1v) is 7.08. The molecule has 1 aliphatic rings. The van der Waals surface area contributed by atoms with Crippen molar-refractivity contribution in [1.82, 2.24) is 10.2 Å². The van der Waals surface area contributed by atoms with E-state index in [0.29, 0.717) is 11.5 Å². The standard InChI is InChI=1S/C14H30N2O/c1-5-6-10-17-11-9-16-8-7-15-12-13(16)14(2,3)4/h13,15H,5-12H2,1-4H3. The average molecular weight is 242 g/mol. The minimum absolute atomic E-state index is 0.344. The Kier molecular flexibility index (Phi) is 6.45. The highest BCUT2D eigenvalue weighted by atomic mass is 16.5. The number of nitrogens with zero attached hydrogens (tertiary/aromatic N) is 1. The maximum absolute atomic E-state index is 5.68. The molecule has 1 saturated heterocycles. The molecule has 0 saturated carbocycles. The second-order valence-corrected chi connectivity index (χ2v) is 6.09. The van der Waals surface area contributed by atoms with Gasteiger partial charge >= 0.3 is 0 Å². The minimum Gasteiger partial charge on any atom is -0.380 e. The zero-order chi connectivity index (χ0) is 12.7. The highest BCUT2D eigenvalue weighted by Crippen LogP contribution is 2.25. The quantitative estimate of drug-likeness (QED) is 0.722. The second kappa shape index (κ2) is 7.34. The summed E-state index contributed by atoms with van der Waals surface area (Å²) in [5.74, 6) is 0. The van der Waals surface area contributed by atoms with E-state index in [9.17, 15) is 0 Å². The highest BCUT2D eigenvalue weighted by Gasteiger charge is 2.31. The Balaban J connectivity index is 2.28. The number of piperazine rings is 1. The Morgan fingerprint density at radius 1 is 1.29 bits per heavy atom.